The van der Waals surface area contributed by atoms with Crippen molar-refractivity contribution >= 4 is 40.3 Å². The third kappa shape index (κ3) is 5.32. The smallest absolute Gasteiger partial charge is 0.189 e. The summed E-state index contributed by atoms with van der Waals surface area (Å²) in [6.07, 6.45) is 2.23. The molecule has 5 nitrogen and oxygen atoms in total. The molecule has 1 unspecified atom stereocenters. The van der Waals surface area contributed by atoms with Gasteiger partial charge in [-0.15, -0.1) is 0 Å². The lowest BCUT2D eigenvalue weighted by atomic mass is 10.2. The molecule has 1 atom stereocenters. The zero-order chi connectivity index (χ0) is 15.9. The molecule has 0 aromatic heterocycles. The molecule has 2 rings (SSSR count). The summed E-state index contributed by atoms with van der Waals surface area (Å²) in [6.45, 7) is 1.39. The highest BCUT2D eigenvalue weighted by Crippen LogP contribution is 2.14. The molecule has 0 amide bonds. The number of ether oxygens (including phenoxy) is 1. The van der Waals surface area contributed by atoms with E-state index in [9.17, 15) is 8.78 Å². The lowest BCUT2D eigenvalue weighted by Gasteiger charge is -2.16. The van der Waals surface area contributed by atoms with E-state index < -0.39 is 11.6 Å². The van der Waals surface area contributed by atoms with E-state index in [1.54, 1.807) is 0 Å². The predicted octanol–water partition coefficient (Wildman–Crippen LogP) is 1.81. The lowest BCUT2D eigenvalue weighted by molar-refractivity contribution is 0.114. The van der Waals surface area contributed by atoms with Gasteiger partial charge in [0, 0.05) is 19.2 Å². The number of thiocarbonyl (C=S) groups is 2. The summed E-state index contributed by atoms with van der Waals surface area (Å²) in [4.78, 5) is 0. The maximum Gasteiger partial charge on any atom is 0.189 e. The molecule has 0 spiro atoms. The third-order valence-electron chi connectivity index (χ3n) is 2.98. The first-order valence-corrected chi connectivity index (χ1v) is 7.54. The van der Waals surface area contributed by atoms with Gasteiger partial charge in [-0.1, -0.05) is 0 Å². The second-order valence-corrected chi connectivity index (χ2v) is 5.49. The van der Waals surface area contributed by atoms with E-state index in [1.165, 1.54) is 6.07 Å². The van der Waals surface area contributed by atoms with Crippen LogP contribution < -0.4 is 21.5 Å². The van der Waals surface area contributed by atoms with Crippen LogP contribution in [0.1, 0.15) is 12.8 Å². The number of hydrazine groups is 1. The molecule has 0 bridgehead atoms. The van der Waals surface area contributed by atoms with Crippen LogP contribution >= 0.6 is 24.4 Å². The van der Waals surface area contributed by atoms with Crippen LogP contribution in [0.4, 0.5) is 14.5 Å². The third-order valence-corrected chi connectivity index (χ3v) is 3.43. The van der Waals surface area contributed by atoms with Crippen molar-refractivity contribution in [2.24, 2.45) is 0 Å². The number of nitrogens with one attached hydrogen (secondary N) is 4. The Labute approximate surface area is 137 Å². The van der Waals surface area contributed by atoms with Crippen molar-refractivity contribution in [3.05, 3.63) is 29.8 Å². The quantitative estimate of drug-likeness (QED) is 0.492. The molecule has 4 N–H and O–H groups in total. The Morgan fingerprint density at radius 1 is 1.23 bits per heavy atom. The minimum atomic E-state index is -0.733. The van der Waals surface area contributed by atoms with Crippen LogP contribution in [0.2, 0.25) is 0 Å². The van der Waals surface area contributed by atoms with E-state index in [0.717, 1.165) is 31.6 Å². The van der Waals surface area contributed by atoms with E-state index >= 15 is 0 Å². The molecule has 120 valence electrons. The average molecular weight is 346 g/mol. The highest BCUT2D eigenvalue weighted by Gasteiger charge is 2.15. The number of rotatable bonds is 3. The number of anilines is 1. The maximum atomic E-state index is 13.4. The molecule has 0 saturated carbocycles. The molecule has 1 heterocycles. The standard InChI is InChI=1S/C13H16F2N4OS2/c14-8-3-4-11(10(15)6-8)17-13(22)19-18-12(21)16-7-9-2-1-5-20-9/h3-4,6,9H,1-2,5,7H2,(H2,16,18,21)(H2,17,19,22). The van der Waals surface area contributed by atoms with E-state index in [-0.39, 0.29) is 16.9 Å². The van der Waals surface area contributed by atoms with Gasteiger partial charge < -0.3 is 15.4 Å². The maximum absolute atomic E-state index is 13.4. The van der Waals surface area contributed by atoms with E-state index in [0.29, 0.717) is 11.7 Å². The van der Waals surface area contributed by atoms with Crippen LogP contribution in [0.25, 0.3) is 0 Å². The Hall–Kier alpha value is -1.58. The van der Waals surface area contributed by atoms with Gasteiger partial charge in [0.05, 0.1) is 11.8 Å². The summed E-state index contributed by atoms with van der Waals surface area (Å²) in [7, 11) is 0. The summed E-state index contributed by atoms with van der Waals surface area (Å²) < 4.78 is 31.7. The zero-order valence-electron chi connectivity index (χ0n) is 11.6. The fraction of sp³-hybridized carbons (Fsp3) is 0.385. The summed E-state index contributed by atoms with van der Waals surface area (Å²) in [5.74, 6) is -1.39. The van der Waals surface area contributed by atoms with Crippen molar-refractivity contribution in [1.29, 1.82) is 0 Å². The lowest BCUT2D eigenvalue weighted by Crippen LogP contribution is -2.49. The predicted molar refractivity (Wildman–Crippen MR) is 88.4 cm³/mol. The fourth-order valence-corrected chi connectivity index (χ4v) is 2.21. The van der Waals surface area contributed by atoms with Gasteiger partial charge in [-0.25, -0.2) is 8.78 Å². The molecule has 0 radical (unpaired) electrons. The molecule has 9 heteroatoms. The first kappa shape index (κ1) is 16.8. The van der Waals surface area contributed by atoms with Gasteiger partial charge in [0.15, 0.2) is 10.2 Å². The second kappa shape index (κ2) is 8.16. The Morgan fingerprint density at radius 3 is 2.68 bits per heavy atom. The van der Waals surface area contributed by atoms with Crippen LogP contribution in [-0.4, -0.2) is 29.5 Å². The van der Waals surface area contributed by atoms with Crippen molar-refractivity contribution in [3.63, 3.8) is 0 Å². The van der Waals surface area contributed by atoms with Crippen LogP contribution in [0, 0.1) is 11.6 Å². The van der Waals surface area contributed by atoms with Crippen molar-refractivity contribution in [1.82, 2.24) is 16.2 Å². The van der Waals surface area contributed by atoms with E-state index in [4.69, 9.17) is 29.2 Å². The Balaban J connectivity index is 1.69. The van der Waals surface area contributed by atoms with Crippen molar-refractivity contribution in [2.45, 2.75) is 18.9 Å². The second-order valence-electron chi connectivity index (χ2n) is 4.67. The number of hydrogen-bond donors (Lipinski definition) is 4. The normalized spacial score (nSPS) is 16.9. The molecule has 1 saturated heterocycles. The number of hydrogen-bond acceptors (Lipinski definition) is 3. The minimum Gasteiger partial charge on any atom is -0.376 e. The molecular formula is C13H16F2N4OS2. The average Bonchev–Trinajstić information content (AvgIpc) is 2.99. The van der Waals surface area contributed by atoms with Gasteiger partial charge in [-0.2, -0.15) is 0 Å². The highest BCUT2D eigenvalue weighted by molar-refractivity contribution is 7.80. The van der Waals surface area contributed by atoms with Gasteiger partial charge in [-0.05, 0) is 49.4 Å². The molecule has 1 aliphatic rings. The molecule has 0 aliphatic carbocycles. The first-order chi connectivity index (χ1) is 10.5. The van der Waals surface area contributed by atoms with Crippen LogP contribution in [0.5, 0.6) is 0 Å². The SMILES string of the molecule is Fc1ccc(NC(=S)NNC(=S)NCC2CCCO2)c(F)c1. The zero-order valence-corrected chi connectivity index (χ0v) is 13.3. The van der Waals surface area contributed by atoms with Crippen molar-refractivity contribution in [3.8, 4) is 0 Å². The van der Waals surface area contributed by atoms with Gasteiger partial charge in [-0.3, -0.25) is 10.9 Å². The van der Waals surface area contributed by atoms with Crippen molar-refractivity contribution in [2.75, 3.05) is 18.5 Å². The molecule has 1 fully saturated rings. The minimum absolute atomic E-state index is 0.0685. The fourth-order valence-electron chi connectivity index (χ4n) is 1.91. The first-order valence-electron chi connectivity index (χ1n) is 6.72. The van der Waals surface area contributed by atoms with Crippen LogP contribution in [0.3, 0.4) is 0 Å². The monoisotopic (exact) mass is 346 g/mol. The summed E-state index contributed by atoms with van der Waals surface area (Å²) >= 11 is 10.0. The Morgan fingerprint density at radius 2 is 2.00 bits per heavy atom. The topological polar surface area (TPSA) is 57.3 Å². The van der Waals surface area contributed by atoms with Crippen LogP contribution in [-0.2, 0) is 4.74 Å². The van der Waals surface area contributed by atoms with Gasteiger partial charge in [0.2, 0.25) is 0 Å². The summed E-state index contributed by atoms with van der Waals surface area (Å²) in [5, 5.41) is 6.03. The molecule has 1 aliphatic heterocycles. The van der Waals surface area contributed by atoms with E-state index in [1.807, 2.05) is 0 Å². The Kier molecular flexibility index (Phi) is 6.22. The molecule has 1 aromatic rings. The van der Waals surface area contributed by atoms with Crippen LogP contribution in [0.15, 0.2) is 18.2 Å². The number of benzene rings is 1. The Bertz CT molecular complexity index is 553. The van der Waals surface area contributed by atoms with Gasteiger partial charge >= 0.3 is 0 Å². The highest BCUT2D eigenvalue weighted by atomic mass is 32.1. The van der Waals surface area contributed by atoms with E-state index in [2.05, 4.69) is 21.5 Å². The summed E-state index contributed by atoms with van der Waals surface area (Å²) in [5.41, 5.74) is 5.35. The largest absolute Gasteiger partial charge is 0.376 e. The molecular weight excluding hydrogens is 330 g/mol. The van der Waals surface area contributed by atoms with Gasteiger partial charge in [0.25, 0.3) is 0 Å². The summed E-state index contributed by atoms with van der Waals surface area (Å²) in [6, 6.07) is 3.16. The van der Waals surface area contributed by atoms with Gasteiger partial charge in [0.1, 0.15) is 11.6 Å². The molecule has 22 heavy (non-hydrogen) atoms. The molecule has 1 aromatic carbocycles. The van der Waals surface area contributed by atoms with Crippen molar-refractivity contribution < 1.29 is 13.5 Å². The number of halogens is 2.